The molecule has 0 unspecified atom stereocenters. The minimum atomic E-state index is -0.313. The van der Waals surface area contributed by atoms with E-state index in [0.717, 1.165) is 5.56 Å². The van der Waals surface area contributed by atoms with Gasteiger partial charge in [0, 0.05) is 16.7 Å². The predicted octanol–water partition coefficient (Wildman–Crippen LogP) is 3.68. The first-order valence-electron chi connectivity index (χ1n) is 9.88. The molecule has 170 valence electrons. The van der Waals surface area contributed by atoms with Gasteiger partial charge in [0.25, 0.3) is 5.91 Å². The van der Waals surface area contributed by atoms with Crippen LogP contribution >= 0.6 is 23.2 Å². The van der Waals surface area contributed by atoms with E-state index in [4.69, 9.17) is 37.4 Å². The van der Waals surface area contributed by atoms with Crippen LogP contribution in [0.5, 0.6) is 17.4 Å². The minimum absolute atomic E-state index is 0.184. The number of amides is 1. The molecule has 0 aliphatic heterocycles. The Morgan fingerprint density at radius 3 is 2.76 bits per heavy atom. The first-order chi connectivity index (χ1) is 16.0. The molecule has 2 heterocycles. The number of nitrogens with one attached hydrogen (secondary N) is 1. The Hall–Kier alpha value is -3.56. The number of rotatable bonds is 9. The van der Waals surface area contributed by atoms with Crippen molar-refractivity contribution in [1.82, 2.24) is 25.1 Å². The maximum absolute atomic E-state index is 12.0. The van der Waals surface area contributed by atoms with Gasteiger partial charge in [-0.2, -0.15) is 4.52 Å². The molecule has 9 nitrogen and oxygen atoms in total. The molecule has 0 aliphatic carbocycles. The van der Waals surface area contributed by atoms with Crippen LogP contribution in [-0.2, 0) is 4.79 Å². The number of benzene rings is 2. The molecular weight excluding hydrogens is 469 g/mol. The smallest absolute Gasteiger partial charge is 0.258 e. The van der Waals surface area contributed by atoms with Gasteiger partial charge in [-0.15, -0.1) is 15.3 Å². The van der Waals surface area contributed by atoms with Crippen LogP contribution in [0.15, 0.2) is 54.6 Å². The largest absolute Gasteiger partial charge is 0.497 e. The van der Waals surface area contributed by atoms with Crippen LogP contribution in [0.4, 0.5) is 0 Å². The van der Waals surface area contributed by atoms with Gasteiger partial charge in [0.15, 0.2) is 18.1 Å². The van der Waals surface area contributed by atoms with E-state index in [0.29, 0.717) is 38.9 Å². The van der Waals surface area contributed by atoms with E-state index >= 15 is 0 Å². The van der Waals surface area contributed by atoms with Gasteiger partial charge in [0.05, 0.1) is 18.7 Å². The second-order valence-corrected chi connectivity index (χ2v) is 7.60. The maximum atomic E-state index is 12.0. The SMILES string of the molecule is COc1cccc(-c2nnc3ccc(OCCNC(=O)COc4ccc(Cl)cc4Cl)nn23)c1. The highest BCUT2D eigenvalue weighted by Gasteiger charge is 2.12. The predicted molar refractivity (Wildman–Crippen MR) is 123 cm³/mol. The zero-order valence-corrected chi connectivity index (χ0v) is 19.0. The van der Waals surface area contributed by atoms with Crippen LogP contribution < -0.4 is 19.5 Å². The number of carbonyl (C=O) groups is 1. The normalized spacial score (nSPS) is 10.8. The van der Waals surface area contributed by atoms with Crippen LogP contribution in [0.3, 0.4) is 0 Å². The highest BCUT2D eigenvalue weighted by atomic mass is 35.5. The molecule has 0 saturated carbocycles. The Labute approximate surface area is 199 Å². The average Bonchev–Trinajstić information content (AvgIpc) is 3.24. The van der Waals surface area contributed by atoms with Gasteiger partial charge in [-0.1, -0.05) is 35.3 Å². The molecule has 0 radical (unpaired) electrons. The number of ether oxygens (including phenoxy) is 3. The van der Waals surface area contributed by atoms with E-state index in [1.54, 1.807) is 42.0 Å². The van der Waals surface area contributed by atoms with Crippen LogP contribution in [-0.4, -0.2) is 52.6 Å². The number of carbonyl (C=O) groups excluding carboxylic acids is 1. The van der Waals surface area contributed by atoms with Crippen molar-refractivity contribution in [2.75, 3.05) is 26.9 Å². The Morgan fingerprint density at radius 1 is 1.06 bits per heavy atom. The maximum Gasteiger partial charge on any atom is 0.258 e. The lowest BCUT2D eigenvalue weighted by Crippen LogP contribution is -2.32. The van der Waals surface area contributed by atoms with Gasteiger partial charge in [-0.3, -0.25) is 4.79 Å². The van der Waals surface area contributed by atoms with Crippen molar-refractivity contribution in [2.24, 2.45) is 0 Å². The van der Waals surface area contributed by atoms with Gasteiger partial charge >= 0.3 is 0 Å². The fourth-order valence-corrected chi connectivity index (χ4v) is 3.39. The quantitative estimate of drug-likeness (QED) is 0.359. The first-order valence-corrected chi connectivity index (χ1v) is 10.6. The van der Waals surface area contributed by atoms with E-state index in [9.17, 15) is 4.79 Å². The molecule has 2 aromatic heterocycles. The van der Waals surface area contributed by atoms with Gasteiger partial charge in [-0.25, -0.2) is 0 Å². The molecule has 0 atom stereocenters. The summed E-state index contributed by atoms with van der Waals surface area (Å²) < 4.78 is 17.9. The molecule has 0 spiro atoms. The molecule has 11 heteroatoms. The molecule has 0 bridgehead atoms. The standard InChI is InChI=1S/C22H19Cl2N5O4/c1-31-16-4-2-3-14(11-16)22-27-26-19-7-8-21(28-29(19)22)32-10-9-25-20(30)13-33-18-6-5-15(23)12-17(18)24/h2-8,11-12H,9-10,13H2,1H3,(H,25,30). The number of halogens is 2. The lowest BCUT2D eigenvalue weighted by Gasteiger charge is -2.10. The molecule has 0 aliphatic rings. The van der Waals surface area contributed by atoms with Crippen LogP contribution in [0.2, 0.25) is 10.0 Å². The van der Waals surface area contributed by atoms with Crippen molar-refractivity contribution in [1.29, 1.82) is 0 Å². The van der Waals surface area contributed by atoms with Crippen molar-refractivity contribution in [2.45, 2.75) is 0 Å². The number of nitrogens with zero attached hydrogens (tertiary/aromatic N) is 4. The number of hydrogen-bond donors (Lipinski definition) is 1. The molecule has 4 rings (SSSR count). The summed E-state index contributed by atoms with van der Waals surface area (Å²) >= 11 is 11.9. The van der Waals surface area contributed by atoms with E-state index in [-0.39, 0.29) is 25.7 Å². The minimum Gasteiger partial charge on any atom is -0.497 e. The highest BCUT2D eigenvalue weighted by Crippen LogP contribution is 2.27. The Kier molecular flexibility index (Phi) is 7.11. The molecule has 0 fully saturated rings. The third-order valence-electron chi connectivity index (χ3n) is 4.49. The Balaban J connectivity index is 1.31. The van der Waals surface area contributed by atoms with E-state index in [2.05, 4.69) is 20.6 Å². The third kappa shape index (κ3) is 5.63. The number of aromatic nitrogens is 4. The lowest BCUT2D eigenvalue weighted by atomic mass is 10.2. The van der Waals surface area contributed by atoms with Crippen LogP contribution in [0.1, 0.15) is 0 Å². The topological polar surface area (TPSA) is 99.9 Å². The number of hydrogen-bond acceptors (Lipinski definition) is 7. The van der Waals surface area contributed by atoms with E-state index in [1.807, 2.05) is 24.3 Å². The summed E-state index contributed by atoms with van der Waals surface area (Å²) in [5.74, 6) is 1.69. The average molecular weight is 488 g/mol. The molecule has 0 saturated heterocycles. The fraction of sp³-hybridized carbons (Fsp3) is 0.182. The molecule has 33 heavy (non-hydrogen) atoms. The Bertz CT molecular complexity index is 1280. The van der Waals surface area contributed by atoms with Crippen molar-refractivity contribution in [3.63, 3.8) is 0 Å². The zero-order chi connectivity index (χ0) is 23.2. The lowest BCUT2D eigenvalue weighted by molar-refractivity contribution is -0.123. The van der Waals surface area contributed by atoms with Gasteiger partial charge in [0.2, 0.25) is 5.88 Å². The molecule has 4 aromatic rings. The molecule has 1 amide bonds. The van der Waals surface area contributed by atoms with Gasteiger partial charge in [-0.05, 0) is 36.4 Å². The zero-order valence-electron chi connectivity index (χ0n) is 17.5. The van der Waals surface area contributed by atoms with Crippen molar-refractivity contribution >= 4 is 34.8 Å². The summed E-state index contributed by atoms with van der Waals surface area (Å²) in [5.41, 5.74) is 1.38. The van der Waals surface area contributed by atoms with Crippen LogP contribution in [0.25, 0.3) is 17.0 Å². The fourth-order valence-electron chi connectivity index (χ4n) is 2.92. The van der Waals surface area contributed by atoms with Crippen molar-refractivity contribution < 1.29 is 19.0 Å². The summed E-state index contributed by atoms with van der Waals surface area (Å²) in [6, 6.07) is 15.7. The van der Waals surface area contributed by atoms with Crippen LogP contribution in [0, 0.1) is 0 Å². The van der Waals surface area contributed by atoms with E-state index in [1.165, 1.54) is 0 Å². The molecule has 2 aromatic carbocycles. The summed E-state index contributed by atoms with van der Waals surface area (Å²) in [4.78, 5) is 12.0. The molecular formula is C22H19Cl2N5O4. The third-order valence-corrected chi connectivity index (χ3v) is 5.02. The summed E-state index contributed by atoms with van der Waals surface area (Å²) in [5, 5.41) is 16.3. The Morgan fingerprint density at radius 2 is 1.94 bits per heavy atom. The first kappa shape index (κ1) is 22.6. The van der Waals surface area contributed by atoms with Gasteiger partial charge < -0.3 is 19.5 Å². The summed E-state index contributed by atoms with van der Waals surface area (Å²) in [7, 11) is 1.60. The summed E-state index contributed by atoms with van der Waals surface area (Å²) in [6.45, 7) is 0.292. The van der Waals surface area contributed by atoms with Crippen molar-refractivity contribution in [3.05, 3.63) is 64.6 Å². The summed E-state index contributed by atoms with van der Waals surface area (Å²) in [6.07, 6.45) is 0. The second-order valence-electron chi connectivity index (χ2n) is 6.76. The molecule has 1 N–H and O–H groups in total. The number of fused-ring (bicyclic) bond motifs is 1. The monoisotopic (exact) mass is 487 g/mol. The van der Waals surface area contributed by atoms with Crippen molar-refractivity contribution in [3.8, 4) is 28.8 Å². The van der Waals surface area contributed by atoms with Gasteiger partial charge in [0.1, 0.15) is 18.1 Å². The van der Waals surface area contributed by atoms with E-state index < -0.39 is 0 Å². The second kappa shape index (κ2) is 10.4. The highest BCUT2D eigenvalue weighted by molar-refractivity contribution is 6.35. The number of methoxy groups -OCH3 is 1.